The number of anilines is 2. The van der Waals surface area contributed by atoms with E-state index >= 15 is 0 Å². The van der Waals surface area contributed by atoms with Crippen molar-refractivity contribution in [3.8, 4) is 0 Å². The first-order chi connectivity index (χ1) is 14.5. The van der Waals surface area contributed by atoms with Crippen LogP contribution in [0.1, 0.15) is 69.3 Å². The molecule has 0 saturated carbocycles. The highest BCUT2D eigenvalue weighted by molar-refractivity contribution is 7.21. The highest BCUT2D eigenvalue weighted by atomic mass is 32.1. The molecule has 6 nitrogen and oxygen atoms in total. The Labute approximate surface area is 183 Å². The molecule has 1 amide bonds. The lowest BCUT2D eigenvalue weighted by atomic mass is 10.1. The van der Waals surface area contributed by atoms with E-state index in [4.69, 9.17) is 10.5 Å². The molecular weight excluding hydrogens is 418 g/mol. The largest absolute Gasteiger partial charge is 0.462 e. The maximum atomic E-state index is 13.1. The van der Waals surface area contributed by atoms with E-state index in [9.17, 15) is 9.59 Å². The third-order valence-corrected chi connectivity index (χ3v) is 7.59. The zero-order chi connectivity index (χ0) is 21.3. The van der Waals surface area contributed by atoms with E-state index in [0.717, 1.165) is 64.9 Å². The summed E-state index contributed by atoms with van der Waals surface area (Å²) in [5.74, 6) is -0.685. The van der Waals surface area contributed by atoms with Crippen molar-refractivity contribution >= 4 is 55.5 Å². The van der Waals surface area contributed by atoms with Crippen LogP contribution >= 0.6 is 22.7 Å². The van der Waals surface area contributed by atoms with Gasteiger partial charge in [-0.25, -0.2) is 9.78 Å². The van der Waals surface area contributed by atoms with Crippen molar-refractivity contribution in [2.24, 2.45) is 0 Å². The minimum atomic E-state index is -0.376. The molecule has 0 saturated heterocycles. The Hall–Kier alpha value is -2.45. The van der Waals surface area contributed by atoms with Crippen LogP contribution in [0.4, 0.5) is 10.7 Å². The average Bonchev–Trinajstić information content (AvgIpc) is 3.39. The molecule has 0 aromatic carbocycles. The predicted octanol–water partition coefficient (Wildman–Crippen LogP) is 5.20. The number of pyridine rings is 1. The van der Waals surface area contributed by atoms with Crippen molar-refractivity contribution in [3.05, 3.63) is 38.7 Å². The van der Waals surface area contributed by atoms with Crippen molar-refractivity contribution < 1.29 is 14.3 Å². The number of unbranched alkanes of at least 4 members (excludes halogenated alkanes) is 1. The van der Waals surface area contributed by atoms with Crippen molar-refractivity contribution in [2.75, 3.05) is 17.7 Å². The van der Waals surface area contributed by atoms with Crippen LogP contribution in [-0.2, 0) is 24.0 Å². The van der Waals surface area contributed by atoms with Crippen LogP contribution in [0.15, 0.2) is 12.1 Å². The number of fused-ring (bicyclic) bond motifs is 2. The van der Waals surface area contributed by atoms with E-state index in [1.807, 2.05) is 12.1 Å². The molecule has 0 fully saturated rings. The van der Waals surface area contributed by atoms with Crippen LogP contribution in [0.2, 0.25) is 0 Å². The highest BCUT2D eigenvalue weighted by Crippen LogP contribution is 2.40. The van der Waals surface area contributed by atoms with E-state index in [-0.39, 0.29) is 11.9 Å². The number of aromatic nitrogens is 1. The summed E-state index contributed by atoms with van der Waals surface area (Å²) in [4.78, 5) is 32.6. The number of nitrogen functional groups attached to an aromatic ring is 1. The summed E-state index contributed by atoms with van der Waals surface area (Å²) < 4.78 is 5.24. The second kappa shape index (κ2) is 8.73. The van der Waals surface area contributed by atoms with E-state index in [0.29, 0.717) is 27.7 Å². The predicted molar refractivity (Wildman–Crippen MR) is 123 cm³/mol. The van der Waals surface area contributed by atoms with Gasteiger partial charge in [0.05, 0.1) is 17.9 Å². The third-order valence-electron chi connectivity index (χ3n) is 5.27. The lowest BCUT2D eigenvalue weighted by Crippen LogP contribution is -2.15. The minimum absolute atomic E-state index is 0.298. The molecule has 3 aromatic rings. The summed E-state index contributed by atoms with van der Waals surface area (Å²) in [7, 11) is 0. The SMILES string of the molecule is CCCCc1ccc2c(N)c(C(=O)Nc3sc4c(c3C(=O)OCC)CCC4)sc2n1. The monoisotopic (exact) mass is 443 g/mol. The van der Waals surface area contributed by atoms with Gasteiger partial charge in [-0.2, -0.15) is 0 Å². The Morgan fingerprint density at radius 2 is 2.07 bits per heavy atom. The summed E-state index contributed by atoms with van der Waals surface area (Å²) in [6, 6.07) is 3.92. The van der Waals surface area contributed by atoms with Gasteiger partial charge in [-0.05, 0) is 56.7 Å². The number of thiophene rings is 2. The standard InChI is InChI=1S/C22H25N3O3S2/c1-3-5-7-12-10-11-14-17(23)18(30-20(14)24-12)19(26)25-21-16(22(27)28-4-2)13-8-6-9-15(13)29-21/h10-11H,3-9,23H2,1-2H3,(H,25,26). The zero-order valence-corrected chi connectivity index (χ0v) is 18.8. The topological polar surface area (TPSA) is 94.3 Å². The number of nitrogens with two attached hydrogens (primary N) is 1. The normalized spacial score (nSPS) is 12.9. The number of nitrogens with zero attached hydrogens (tertiary/aromatic N) is 1. The molecule has 1 aliphatic carbocycles. The summed E-state index contributed by atoms with van der Waals surface area (Å²) in [5.41, 5.74) is 9.24. The fraction of sp³-hybridized carbons (Fsp3) is 0.409. The summed E-state index contributed by atoms with van der Waals surface area (Å²) in [6.07, 6.45) is 5.88. The Kier molecular flexibility index (Phi) is 6.06. The highest BCUT2D eigenvalue weighted by Gasteiger charge is 2.29. The van der Waals surface area contributed by atoms with Gasteiger partial charge in [0.15, 0.2) is 0 Å². The number of esters is 1. The Balaban J connectivity index is 1.64. The molecule has 3 N–H and O–H groups in total. The molecule has 0 unspecified atom stereocenters. The molecule has 4 rings (SSSR count). The van der Waals surface area contributed by atoms with Gasteiger partial charge < -0.3 is 15.8 Å². The first-order valence-corrected chi connectivity index (χ1v) is 12.0. The van der Waals surface area contributed by atoms with Crippen molar-refractivity contribution in [2.45, 2.75) is 52.4 Å². The summed E-state index contributed by atoms with van der Waals surface area (Å²) in [6.45, 7) is 4.23. The molecule has 30 heavy (non-hydrogen) atoms. The molecule has 0 atom stereocenters. The molecule has 0 spiro atoms. The van der Waals surface area contributed by atoms with Crippen molar-refractivity contribution in [1.82, 2.24) is 4.98 Å². The average molecular weight is 444 g/mol. The molecule has 1 aliphatic rings. The Bertz CT molecular complexity index is 1120. The lowest BCUT2D eigenvalue weighted by Gasteiger charge is -2.07. The van der Waals surface area contributed by atoms with Crippen LogP contribution < -0.4 is 11.1 Å². The number of carbonyl (C=O) groups excluding carboxylic acids is 2. The van der Waals surface area contributed by atoms with Gasteiger partial charge >= 0.3 is 5.97 Å². The van der Waals surface area contributed by atoms with E-state index in [1.54, 1.807) is 6.92 Å². The Morgan fingerprint density at radius 3 is 2.83 bits per heavy atom. The van der Waals surface area contributed by atoms with Crippen molar-refractivity contribution in [1.29, 1.82) is 0 Å². The van der Waals surface area contributed by atoms with Gasteiger partial charge in [-0.3, -0.25) is 4.79 Å². The van der Waals surface area contributed by atoms with E-state index in [1.165, 1.54) is 22.7 Å². The molecule has 8 heteroatoms. The minimum Gasteiger partial charge on any atom is -0.462 e. The van der Waals surface area contributed by atoms with E-state index < -0.39 is 0 Å². The quantitative estimate of drug-likeness (QED) is 0.490. The van der Waals surface area contributed by atoms with Gasteiger partial charge in [0.25, 0.3) is 5.91 Å². The van der Waals surface area contributed by atoms with Gasteiger partial charge in [-0.15, -0.1) is 22.7 Å². The number of hydrogen-bond acceptors (Lipinski definition) is 7. The maximum absolute atomic E-state index is 13.1. The van der Waals surface area contributed by atoms with Crippen LogP contribution in [0.5, 0.6) is 0 Å². The molecule has 0 bridgehead atoms. The van der Waals surface area contributed by atoms with Crippen LogP contribution in [0.3, 0.4) is 0 Å². The summed E-state index contributed by atoms with van der Waals surface area (Å²) in [5, 5.41) is 4.28. The number of amides is 1. The number of hydrogen-bond donors (Lipinski definition) is 2. The van der Waals surface area contributed by atoms with Gasteiger partial charge in [0.2, 0.25) is 0 Å². The third kappa shape index (κ3) is 3.81. The van der Waals surface area contributed by atoms with Crippen LogP contribution in [-0.4, -0.2) is 23.5 Å². The first-order valence-electron chi connectivity index (χ1n) is 10.3. The zero-order valence-electron chi connectivity index (χ0n) is 17.2. The van der Waals surface area contributed by atoms with E-state index in [2.05, 4.69) is 17.2 Å². The number of carbonyl (C=O) groups is 2. The first kappa shape index (κ1) is 20.8. The van der Waals surface area contributed by atoms with Gasteiger partial charge in [0, 0.05) is 16.0 Å². The van der Waals surface area contributed by atoms with Crippen molar-refractivity contribution in [3.63, 3.8) is 0 Å². The van der Waals surface area contributed by atoms with Crippen LogP contribution in [0, 0.1) is 0 Å². The number of aryl methyl sites for hydroxylation is 2. The molecule has 3 aromatic heterocycles. The molecule has 0 radical (unpaired) electrons. The van der Waals surface area contributed by atoms with Gasteiger partial charge in [0.1, 0.15) is 14.7 Å². The summed E-state index contributed by atoms with van der Waals surface area (Å²) >= 11 is 2.76. The van der Waals surface area contributed by atoms with Gasteiger partial charge in [-0.1, -0.05) is 13.3 Å². The smallest absolute Gasteiger partial charge is 0.341 e. The van der Waals surface area contributed by atoms with Crippen LogP contribution in [0.25, 0.3) is 10.2 Å². The molecule has 3 heterocycles. The molecule has 0 aliphatic heterocycles. The fourth-order valence-corrected chi connectivity index (χ4v) is 6.05. The molecule has 158 valence electrons. The second-order valence-electron chi connectivity index (χ2n) is 7.34. The fourth-order valence-electron chi connectivity index (χ4n) is 3.77. The lowest BCUT2D eigenvalue weighted by molar-refractivity contribution is 0.0527. The number of ether oxygens (including phenoxy) is 1. The second-order valence-corrected chi connectivity index (χ2v) is 9.44. The number of nitrogens with one attached hydrogen (secondary N) is 1. The molecular formula is C22H25N3O3S2. The maximum Gasteiger partial charge on any atom is 0.341 e. The number of rotatable bonds is 7. The Morgan fingerprint density at radius 1 is 1.23 bits per heavy atom.